The Kier molecular flexibility index (Phi) is 11.7. The number of guanidine groups is 1. The highest BCUT2D eigenvalue weighted by Gasteiger charge is 2.21. The normalized spacial score (nSPS) is 16.1. The summed E-state index contributed by atoms with van der Waals surface area (Å²) in [5.74, 6) is 0.970. The third-order valence-electron chi connectivity index (χ3n) is 5.06. The lowest BCUT2D eigenvalue weighted by molar-refractivity contribution is 0.167. The molecule has 6 heteroatoms. The highest BCUT2D eigenvalue weighted by molar-refractivity contribution is 14.0. The average Bonchev–Trinajstić information content (AvgIpc) is 2.66. The second kappa shape index (κ2) is 13.2. The number of nitrogens with zero attached hydrogens (tertiary/aromatic N) is 3. The third kappa shape index (κ3) is 8.68. The van der Waals surface area contributed by atoms with Crippen LogP contribution in [-0.2, 0) is 0 Å². The number of rotatable bonds is 8. The molecule has 0 radical (unpaired) electrons. The van der Waals surface area contributed by atoms with Gasteiger partial charge in [-0.1, -0.05) is 18.2 Å². The molecule has 0 spiro atoms. The highest BCUT2D eigenvalue weighted by Crippen LogP contribution is 2.13. The summed E-state index contributed by atoms with van der Waals surface area (Å²) in [6.45, 7) is 11.8. The van der Waals surface area contributed by atoms with Crippen molar-refractivity contribution in [2.45, 2.75) is 52.1 Å². The van der Waals surface area contributed by atoms with Crippen LogP contribution in [0.5, 0.6) is 0 Å². The van der Waals surface area contributed by atoms with Gasteiger partial charge in [0.1, 0.15) is 0 Å². The lowest BCUT2D eigenvalue weighted by Gasteiger charge is -2.35. The Morgan fingerprint density at radius 2 is 1.89 bits per heavy atom. The van der Waals surface area contributed by atoms with Crippen LogP contribution in [0.25, 0.3) is 0 Å². The van der Waals surface area contributed by atoms with E-state index < -0.39 is 0 Å². The van der Waals surface area contributed by atoms with E-state index in [2.05, 4.69) is 78.6 Å². The number of anilines is 1. The maximum absolute atomic E-state index is 4.78. The van der Waals surface area contributed by atoms with Crippen LogP contribution in [0.3, 0.4) is 0 Å². The minimum atomic E-state index is 0. The Hall–Kier alpha value is -1.02. The van der Waals surface area contributed by atoms with Crippen molar-refractivity contribution in [2.24, 2.45) is 4.99 Å². The summed E-state index contributed by atoms with van der Waals surface area (Å²) in [6.07, 6.45) is 3.44. The number of aliphatic imine (C=N–C) groups is 1. The van der Waals surface area contributed by atoms with Gasteiger partial charge in [0.25, 0.3) is 0 Å². The van der Waals surface area contributed by atoms with Gasteiger partial charge in [0.15, 0.2) is 5.96 Å². The molecule has 1 aliphatic rings. The van der Waals surface area contributed by atoms with Crippen LogP contribution in [0.2, 0.25) is 0 Å². The molecule has 0 atom stereocenters. The molecule has 1 aliphatic heterocycles. The van der Waals surface area contributed by atoms with E-state index in [9.17, 15) is 0 Å². The zero-order chi connectivity index (χ0) is 18.8. The van der Waals surface area contributed by atoms with Crippen LogP contribution in [0.4, 0.5) is 5.69 Å². The summed E-state index contributed by atoms with van der Waals surface area (Å²) in [6, 6.07) is 11.7. The van der Waals surface area contributed by atoms with Gasteiger partial charge in [-0.05, 0) is 52.2 Å². The molecule has 0 aromatic heterocycles. The molecule has 1 fully saturated rings. The fourth-order valence-electron chi connectivity index (χ4n) is 3.38. The molecule has 2 rings (SSSR count). The van der Waals surface area contributed by atoms with E-state index in [-0.39, 0.29) is 24.0 Å². The molecule has 27 heavy (non-hydrogen) atoms. The van der Waals surface area contributed by atoms with Crippen molar-refractivity contribution in [1.29, 1.82) is 0 Å². The second-order valence-electron chi connectivity index (χ2n) is 7.42. The zero-order valence-electron chi connectivity index (χ0n) is 17.4. The quantitative estimate of drug-likeness (QED) is 0.255. The minimum Gasteiger partial charge on any atom is -0.375 e. The fraction of sp³-hybridized carbons (Fsp3) is 0.667. The fourth-order valence-corrected chi connectivity index (χ4v) is 3.38. The van der Waals surface area contributed by atoms with Crippen LogP contribution in [0.1, 0.15) is 40.0 Å². The summed E-state index contributed by atoms with van der Waals surface area (Å²) in [4.78, 5) is 9.63. The van der Waals surface area contributed by atoms with Gasteiger partial charge in [-0.3, -0.25) is 4.99 Å². The summed E-state index contributed by atoms with van der Waals surface area (Å²) >= 11 is 0. The van der Waals surface area contributed by atoms with E-state index in [1.165, 1.54) is 31.6 Å². The van der Waals surface area contributed by atoms with Crippen molar-refractivity contribution in [1.82, 2.24) is 15.5 Å². The lowest BCUT2D eigenvalue weighted by atomic mass is 10.0. The number of benzene rings is 1. The molecule has 1 aromatic carbocycles. The van der Waals surface area contributed by atoms with E-state index in [0.29, 0.717) is 12.1 Å². The largest absolute Gasteiger partial charge is 0.375 e. The van der Waals surface area contributed by atoms with Crippen molar-refractivity contribution < 1.29 is 0 Å². The maximum atomic E-state index is 4.78. The first kappa shape index (κ1) is 24.0. The monoisotopic (exact) mass is 487 g/mol. The maximum Gasteiger partial charge on any atom is 0.191 e. The van der Waals surface area contributed by atoms with Crippen LogP contribution >= 0.6 is 24.0 Å². The predicted molar refractivity (Wildman–Crippen MR) is 129 cm³/mol. The molecule has 154 valence electrons. The number of para-hydroxylation sites is 1. The molecule has 1 saturated heterocycles. The lowest BCUT2D eigenvalue weighted by Crippen LogP contribution is -2.49. The standard InChI is InChI=1S/C21H37N5.HI/c1-5-22-21(24-19-12-16-26(17-13-19)18(2)3)23-14-9-15-25(4)20-10-7-6-8-11-20;/h6-8,10-11,18-19H,5,9,12-17H2,1-4H3,(H2,22,23,24);1H. The van der Waals surface area contributed by atoms with Crippen LogP contribution < -0.4 is 15.5 Å². The number of halogens is 1. The van der Waals surface area contributed by atoms with Gasteiger partial charge in [0, 0.05) is 57.5 Å². The summed E-state index contributed by atoms with van der Waals surface area (Å²) in [7, 11) is 2.14. The summed E-state index contributed by atoms with van der Waals surface area (Å²) in [5, 5.41) is 7.03. The first-order valence-electron chi connectivity index (χ1n) is 10.1. The van der Waals surface area contributed by atoms with Crippen molar-refractivity contribution >= 4 is 35.6 Å². The molecular weight excluding hydrogens is 449 g/mol. The van der Waals surface area contributed by atoms with E-state index in [1.54, 1.807) is 0 Å². The Morgan fingerprint density at radius 1 is 1.22 bits per heavy atom. The first-order chi connectivity index (χ1) is 12.6. The molecule has 2 N–H and O–H groups in total. The Bertz CT molecular complexity index is 527. The number of nitrogens with one attached hydrogen (secondary N) is 2. The molecule has 1 aromatic rings. The molecular formula is C21H38IN5. The van der Waals surface area contributed by atoms with Gasteiger partial charge in [-0.25, -0.2) is 0 Å². The Morgan fingerprint density at radius 3 is 2.48 bits per heavy atom. The topological polar surface area (TPSA) is 42.9 Å². The molecule has 0 saturated carbocycles. The number of piperidine rings is 1. The summed E-state index contributed by atoms with van der Waals surface area (Å²) in [5.41, 5.74) is 1.26. The number of likely N-dealkylation sites (tertiary alicyclic amines) is 1. The first-order valence-corrected chi connectivity index (χ1v) is 10.1. The van der Waals surface area contributed by atoms with E-state index in [4.69, 9.17) is 4.99 Å². The SMILES string of the molecule is CCNC(=NCCCN(C)c1ccccc1)NC1CCN(C(C)C)CC1.I. The molecule has 0 unspecified atom stereocenters. The van der Waals surface area contributed by atoms with Crippen molar-refractivity contribution in [3.8, 4) is 0 Å². The molecule has 0 aliphatic carbocycles. The van der Waals surface area contributed by atoms with Gasteiger partial charge >= 0.3 is 0 Å². The molecule has 5 nitrogen and oxygen atoms in total. The van der Waals surface area contributed by atoms with E-state index in [1.807, 2.05) is 0 Å². The number of hydrogen-bond acceptors (Lipinski definition) is 3. The smallest absolute Gasteiger partial charge is 0.191 e. The van der Waals surface area contributed by atoms with E-state index >= 15 is 0 Å². The minimum absolute atomic E-state index is 0. The number of hydrogen-bond donors (Lipinski definition) is 2. The third-order valence-corrected chi connectivity index (χ3v) is 5.06. The van der Waals surface area contributed by atoms with Gasteiger partial charge in [0.2, 0.25) is 0 Å². The van der Waals surface area contributed by atoms with E-state index in [0.717, 1.165) is 32.0 Å². The van der Waals surface area contributed by atoms with Crippen molar-refractivity contribution in [3.63, 3.8) is 0 Å². The van der Waals surface area contributed by atoms with Gasteiger partial charge in [-0.15, -0.1) is 24.0 Å². The second-order valence-corrected chi connectivity index (χ2v) is 7.42. The van der Waals surface area contributed by atoms with Crippen LogP contribution in [0.15, 0.2) is 35.3 Å². The molecule has 0 amide bonds. The Balaban J connectivity index is 0.00000364. The van der Waals surface area contributed by atoms with Crippen LogP contribution in [0, 0.1) is 0 Å². The highest BCUT2D eigenvalue weighted by atomic mass is 127. The van der Waals surface area contributed by atoms with Gasteiger partial charge in [0.05, 0.1) is 0 Å². The van der Waals surface area contributed by atoms with Gasteiger partial charge in [-0.2, -0.15) is 0 Å². The Labute approximate surface area is 183 Å². The van der Waals surface area contributed by atoms with Crippen LogP contribution in [-0.4, -0.2) is 62.7 Å². The summed E-state index contributed by atoms with van der Waals surface area (Å²) < 4.78 is 0. The van der Waals surface area contributed by atoms with Gasteiger partial charge < -0.3 is 20.4 Å². The molecule has 1 heterocycles. The zero-order valence-corrected chi connectivity index (χ0v) is 19.8. The van der Waals surface area contributed by atoms with Crippen molar-refractivity contribution in [2.75, 3.05) is 44.7 Å². The predicted octanol–water partition coefficient (Wildman–Crippen LogP) is 3.56. The average molecular weight is 487 g/mol. The van der Waals surface area contributed by atoms with Crippen molar-refractivity contribution in [3.05, 3.63) is 30.3 Å². The molecule has 0 bridgehead atoms.